The highest BCUT2D eigenvalue weighted by atomic mass is 32.2. The molecule has 0 aromatic heterocycles. The molecule has 0 unspecified atom stereocenters. The summed E-state index contributed by atoms with van der Waals surface area (Å²) >= 11 is 6.12. The Hall–Kier alpha value is -0.0800. The van der Waals surface area contributed by atoms with E-state index in [0.717, 1.165) is 11.5 Å². The Morgan fingerprint density at radius 1 is 1.15 bits per heavy atom. The Morgan fingerprint density at radius 2 is 1.69 bits per heavy atom. The van der Waals surface area contributed by atoms with E-state index in [-0.39, 0.29) is 0 Å². The molecule has 1 aromatic carbocycles. The number of hydrogen-bond acceptors (Lipinski definition) is 2. The molecule has 0 radical (unpaired) electrons. The van der Waals surface area contributed by atoms with Gasteiger partial charge < -0.3 is 0 Å². The molecule has 0 N–H and O–H groups in total. The maximum absolute atomic E-state index is 4.22. The average Bonchev–Trinajstić information content (AvgIpc) is 2.02. The van der Waals surface area contributed by atoms with Gasteiger partial charge in [-0.1, -0.05) is 17.7 Å². The molecule has 1 rings (SSSR count). The summed E-state index contributed by atoms with van der Waals surface area (Å²) in [5.41, 5.74) is 4.14. The van der Waals surface area contributed by atoms with E-state index >= 15 is 0 Å². The van der Waals surface area contributed by atoms with Crippen molar-refractivity contribution in [2.45, 2.75) is 25.7 Å². The van der Waals surface area contributed by atoms with Crippen LogP contribution in [0.25, 0.3) is 0 Å². The van der Waals surface area contributed by atoms with E-state index in [1.54, 1.807) is 0 Å². The van der Waals surface area contributed by atoms with Crippen molar-refractivity contribution < 1.29 is 0 Å². The van der Waals surface area contributed by atoms with Crippen LogP contribution in [0, 0.1) is 20.8 Å². The highest BCUT2D eigenvalue weighted by molar-refractivity contribution is 8.00. The molecule has 2 heteroatoms. The average molecular weight is 212 g/mol. The fourth-order valence-corrected chi connectivity index (χ4v) is 2.68. The Morgan fingerprint density at radius 3 is 2.15 bits per heavy atom. The molecule has 0 heterocycles. The van der Waals surface area contributed by atoms with Crippen LogP contribution in [0.15, 0.2) is 17.0 Å². The van der Waals surface area contributed by atoms with Gasteiger partial charge in [-0.15, -0.1) is 11.8 Å². The van der Waals surface area contributed by atoms with Crippen LogP contribution in [0.1, 0.15) is 16.7 Å². The van der Waals surface area contributed by atoms with Crippen molar-refractivity contribution in [3.8, 4) is 0 Å². The molecular formula is C11H16S2. The molecule has 0 bridgehead atoms. The molecule has 0 aliphatic rings. The van der Waals surface area contributed by atoms with Gasteiger partial charge in [0.1, 0.15) is 0 Å². The first-order valence-corrected chi connectivity index (χ1v) is 6.08. The molecule has 13 heavy (non-hydrogen) atoms. The molecule has 72 valence electrons. The van der Waals surface area contributed by atoms with Crippen molar-refractivity contribution in [1.29, 1.82) is 0 Å². The van der Waals surface area contributed by atoms with E-state index in [2.05, 4.69) is 45.5 Å². The van der Waals surface area contributed by atoms with Gasteiger partial charge in [-0.05, 0) is 37.7 Å². The van der Waals surface area contributed by atoms with Gasteiger partial charge in [0.05, 0.1) is 0 Å². The number of thioether (sulfide) groups is 1. The highest BCUT2D eigenvalue weighted by Gasteiger charge is 2.03. The molecule has 0 saturated carbocycles. The molecule has 0 spiro atoms. The molecule has 0 aliphatic heterocycles. The van der Waals surface area contributed by atoms with E-state index in [0.29, 0.717) is 0 Å². The summed E-state index contributed by atoms with van der Waals surface area (Å²) in [5, 5.41) is 0. The van der Waals surface area contributed by atoms with Crippen molar-refractivity contribution in [3.63, 3.8) is 0 Å². The number of rotatable bonds is 3. The van der Waals surface area contributed by atoms with Gasteiger partial charge in [0.15, 0.2) is 0 Å². The molecule has 0 atom stereocenters. The number of hydrogen-bond donors (Lipinski definition) is 1. The normalized spacial score (nSPS) is 10.5. The monoisotopic (exact) mass is 212 g/mol. The van der Waals surface area contributed by atoms with Crippen LogP contribution in [-0.2, 0) is 0 Å². The van der Waals surface area contributed by atoms with Crippen LogP contribution >= 0.6 is 24.4 Å². The summed E-state index contributed by atoms with van der Waals surface area (Å²) < 4.78 is 0. The smallest absolute Gasteiger partial charge is 0.0131 e. The molecule has 1 aromatic rings. The van der Waals surface area contributed by atoms with Crippen LogP contribution in [0.5, 0.6) is 0 Å². The van der Waals surface area contributed by atoms with Gasteiger partial charge in [0.25, 0.3) is 0 Å². The molecule has 0 amide bonds. The summed E-state index contributed by atoms with van der Waals surface area (Å²) in [7, 11) is 0. The van der Waals surface area contributed by atoms with Gasteiger partial charge in [-0.3, -0.25) is 0 Å². The van der Waals surface area contributed by atoms with Crippen molar-refractivity contribution >= 4 is 24.4 Å². The maximum Gasteiger partial charge on any atom is 0.0131 e. The summed E-state index contributed by atoms with van der Waals surface area (Å²) in [5.74, 6) is 2.03. The van der Waals surface area contributed by atoms with Crippen LogP contribution in [0.3, 0.4) is 0 Å². The highest BCUT2D eigenvalue weighted by Crippen LogP contribution is 2.27. The van der Waals surface area contributed by atoms with Crippen molar-refractivity contribution in [2.24, 2.45) is 0 Å². The number of benzene rings is 1. The first-order chi connectivity index (χ1) is 6.15. The Bertz CT molecular complexity index is 269. The van der Waals surface area contributed by atoms with Crippen LogP contribution < -0.4 is 0 Å². The molecule has 0 fully saturated rings. The Labute approximate surface area is 90.5 Å². The number of aryl methyl sites for hydroxylation is 3. The van der Waals surface area contributed by atoms with E-state index in [1.807, 2.05) is 11.8 Å². The molecule has 0 saturated heterocycles. The van der Waals surface area contributed by atoms with Gasteiger partial charge in [-0.2, -0.15) is 12.6 Å². The fraction of sp³-hybridized carbons (Fsp3) is 0.455. The van der Waals surface area contributed by atoms with Gasteiger partial charge in [0, 0.05) is 10.6 Å². The molecule has 0 nitrogen and oxygen atoms in total. The van der Waals surface area contributed by atoms with Crippen LogP contribution in [-0.4, -0.2) is 11.5 Å². The Balaban J connectivity index is 2.92. The second kappa shape index (κ2) is 4.97. The second-order valence-corrected chi connectivity index (χ2v) is 4.85. The summed E-state index contributed by atoms with van der Waals surface area (Å²) in [6.07, 6.45) is 0. The van der Waals surface area contributed by atoms with Gasteiger partial charge in [0.2, 0.25) is 0 Å². The van der Waals surface area contributed by atoms with Crippen LogP contribution in [0.4, 0.5) is 0 Å². The van der Waals surface area contributed by atoms with Crippen molar-refractivity contribution in [3.05, 3.63) is 28.8 Å². The zero-order valence-corrected chi connectivity index (χ0v) is 10.1. The van der Waals surface area contributed by atoms with E-state index in [9.17, 15) is 0 Å². The minimum atomic E-state index is 0.942. The van der Waals surface area contributed by atoms with Crippen molar-refractivity contribution in [2.75, 3.05) is 11.5 Å². The van der Waals surface area contributed by atoms with Gasteiger partial charge in [-0.25, -0.2) is 0 Å². The predicted octanol–water partition coefficient (Wildman–Crippen LogP) is 3.63. The lowest BCUT2D eigenvalue weighted by Crippen LogP contribution is -1.89. The summed E-state index contributed by atoms with van der Waals surface area (Å²) in [6, 6.07) is 4.49. The van der Waals surface area contributed by atoms with Crippen LogP contribution in [0.2, 0.25) is 0 Å². The first kappa shape index (κ1) is 11.0. The topological polar surface area (TPSA) is 0 Å². The largest absolute Gasteiger partial charge is 0.178 e. The SMILES string of the molecule is Cc1cc(C)c(SCCS)c(C)c1. The van der Waals surface area contributed by atoms with E-state index in [4.69, 9.17) is 0 Å². The minimum absolute atomic E-state index is 0.942. The standard InChI is InChI=1S/C11H16S2/c1-8-6-9(2)11(10(3)7-8)13-5-4-12/h6-7,12H,4-5H2,1-3H3. The summed E-state index contributed by atoms with van der Waals surface area (Å²) in [6.45, 7) is 6.51. The lowest BCUT2D eigenvalue weighted by Gasteiger charge is -2.09. The second-order valence-electron chi connectivity index (χ2n) is 3.30. The molecule has 0 aliphatic carbocycles. The third-order valence-electron chi connectivity index (χ3n) is 1.94. The Kier molecular flexibility index (Phi) is 4.20. The zero-order chi connectivity index (χ0) is 9.84. The quantitative estimate of drug-likeness (QED) is 0.589. The van der Waals surface area contributed by atoms with Gasteiger partial charge >= 0.3 is 0 Å². The third kappa shape index (κ3) is 2.96. The zero-order valence-electron chi connectivity index (χ0n) is 8.42. The number of thiol groups is 1. The lowest BCUT2D eigenvalue weighted by molar-refractivity contribution is 1.19. The van der Waals surface area contributed by atoms with E-state index < -0.39 is 0 Å². The van der Waals surface area contributed by atoms with Crippen molar-refractivity contribution in [1.82, 2.24) is 0 Å². The lowest BCUT2D eigenvalue weighted by atomic mass is 10.1. The summed E-state index contributed by atoms with van der Waals surface area (Å²) in [4.78, 5) is 1.43. The minimum Gasteiger partial charge on any atom is -0.178 e. The first-order valence-electron chi connectivity index (χ1n) is 4.46. The fourth-order valence-electron chi connectivity index (χ4n) is 1.54. The molecular weight excluding hydrogens is 196 g/mol. The predicted molar refractivity (Wildman–Crippen MR) is 65.2 cm³/mol. The van der Waals surface area contributed by atoms with E-state index in [1.165, 1.54) is 21.6 Å². The maximum atomic E-state index is 4.22. The third-order valence-corrected chi connectivity index (χ3v) is 3.81.